The van der Waals surface area contributed by atoms with Crippen LogP contribution in [0.15, 0.2) is 58.1 Å². The molecule has 4 rings (SSSR count). The Bertz CT molecular complexity index is 1250. The van der Waals surface area contributed by atoms with Gasteiger partial charge >= 0.3 is 0 Å². The molecule has 0 radical (unpaired) electrons. The molecule has 0 bridgehead atoms. The predicted octanol–water partition coefficient (Wildman–Crippen LogP) is 2.00. The zero-order valence-corrected chi connectivity index (χ0v) is 18.4. The maximum Gasteiger partial charge on any atom is 0.280 e. The Morgan fingerprint density at radius 1 is 1.34 bits per heavy atom. The van der Waals surface area contributed by atoms with Gasteiger partial charge in [-0.1, -0.05) is 28.6 Å². The highest BCUT2D eigenvalue weighted by Crippen LogP contribution is 2.21. The van der Waals surface area contributed by atoms with Crippen LogP contribution in [0.2, 0.25) is 0 Å². The van der Waals surface area contributed by atoms with Gasteiger partial charge < -0.3 is 14.1 Å². The molecule has 10 nitrogen and oxygen atoms in total. The fraction of sp³-hybridized carbons (Fsp3) is 0.263. The van der Waals surface area contributed by atoms with Crippen LogP contribution >= 0.6 is 11.3 Å². The number of carbonyl (C=O) groups excluding carboxylic acids is 1. The van der Waals surface area contributed by atoms with Gasteiger partial charge in [0.25, 0.3) is 5.91 Å². The number of ether oxygens (including phenoxy) is 1. The number of hydrogen-bond acceptors (Lipinski definition) is 9. The second-order valence-corrected chi connectivity index (χ2v) is 9.63. The highest BCUT2D eigenvalue weighted by molar-refractivity contribution is 7.91. The molecule has 3 heterocycles. The molecule has 13 heteroatoms. The van der Waals surface area contributed by atoms with E-state index >= 15 is 0 Å². The summed E-state index contributed by atoms with van der Waals surface area (Å²) >= 11 is 0.664. The fourth-order valence-corrected chi connectivity index (χ4v) is 4.81. The summed E-state index contributed by atoms with van der Waals surface area (Å²) in [5.41, 5.74) is 0.186. The van der Waals surface area contributed by atoms with E-state index in [0.717, 1.165) is 6.20 Å². The molecule has 1 aliphatic rings. The molecule has 2 aromatic heterocycles. The molecule has 1 amide bonds. The van der Waals surface area contributed by atoms with Crippen LogP contribution < -0.4 is 5.32 Å². The molecule has 1 atom stereocenters. The number of halogens is 1. The third-order valence-electron chi connectivity index (χ3n) is 4.55. The third-order valence-corrected chi connectivity index (χ3v) is 7.02. The number of aryl methyl sites for hydroxylation is 1. The second-order valence-electron chi connectivity index (χ2n) is 6.80. The van der Waals surface area contributed by atoms with E-state index in [-0.39, 0.29) is 27.0 Å². The SMILES string of the molecule is Cn1ccnc1S(=O)(=O)c1ccc(C(=NO[C@@H]2CCOC2)C(=O)Nc2ncc(F)s2)cc1. The maximum absolute atomic E-state index is 13.2. The van der Waals surface area contributed by atoms with Gasteiger partial charge in [0.15, 0.2) is 22.1 Å². The Balaban J connectivity index is 1.62. The fourth-order valence-electron chi connectivity index (χ4n) is 2.93. The van der Waals surface area contributed by atoms with Crippen LogP contribution in [0.5, 0.6) is 0 Å². The van der Waals surface area contributed by atoms with Crippen molar-refractivity contribution in [2.45, 2.75) is 22.6 Å². The van der Waals surface area contributed by atoms with Crippen LogP contribution in [0.25, 0.3) is 0 Å². The summed E-state index contributed by atoms with van der Waals surface area (Å²) in [4.78, 5) is 25.9. The number of hydrogen-bond donors (Lipinski definition) is 1. The van der Waals surface area contributed by atoms with Gasteiger partial charge in [0, 0.05) is 31.4 Å². The largest absolute Gasteiger partial charge is 0.389 e. The number of amides is 1. The van der Waals surface area contributed by atoms with Gasteiger partial charge in [-0.3, -0.25) is 10.1 Å². The maximum atomic E-state index is 13.2. The Morgan fingerprint density at radius 2 is 2.12 bits per heavy atom. The Labute approximate surface area is 186 Å². The smallest absolute Gasteiger partial charge is 0.280 e. The Kier molecular flexibility index (Phi) is 6.30. The lowest BCUT2D eigenvalue weighted by Crippen LogP contribution is -2.25. The molecule has 0 spiro atoms. The lowest BCUT2D eigenvalue weighted by Gasteiger charge is -2.10. The summed E-state index contributed by atoms with van der Waals surface area (Å²) < 4.78 is 45.5. The lowest BCUT2D eigenvalue weighted by molar-refractivity contribution is -0.110. The van der Waals surface area contributed by atoms with Gasteiger partial charge in [-0.15, -0.1) is 0 Å². The summed E-state index contributed by atoms with van der Waals surface area (Å²) in [7, 11) is -2.27. The van der Waals surface area contributed by atoms with Crippen LogP contribution in [-0.2, 0) is 31.3 Å². The molecular weight excluding hydrogens is 461 g/mol. The number of aromatic nitrogens is 3. The molecule has 1 fully saturated rings. The van der Waals surface area contributed by atoms with Gasteiger partial charge in [-0.05, 0) is 12.1 Å². The van der Waals surface area contributed by atoms with Crippen LogP contribution in [0, 0.1) is 5.13 Å². The average Bonchev–Trinajstić information content (AvgIpc) is 3.52. The number of sulfone groups is 1. The minimum absolute atomic E-state index is 0.00224. The molecule has 0 aliphatic carbocycles. The van der Waals surface area contributed by atoms with Crippen molar-refractivity contribution < 1.29 is 27.2 Å². The molecule has 3 aromatic rings. The summed E-state index contributed by atoms with van der Waals surface area (Å²) in [6, 6.07) is 5.57. The molecule has 0 unspecified atom stereocenters. The molecular formula is C19H18FN5O5S2. The number of imidazole rings is 1. The molecule has 0 saturated carbocycles. The van der Waals surface area contributed by atoms with Crippen molar-refractivity contribution in [2.24, 2.45) is 12.2 Å². The van der Waals surface area contributed by atoms with E-state index in [4.69, 9.17) is 9.57 Å². The zero-order chi connectivity index (χ0) is 22.7. The minimum Gasteiger partial charge on any atom is -0.389 e. The van der Waals surface area contributed by atoms with E-state index in [1.807, 2.05) is 0 Å². The van der Waals surface area contributed by atoms with Gasteiger partial charge in [0.2, 0.25) is 15.0 Å². The normalized spacial score (nSPS) is 16.8. The second kappa shape index (κ2) is 9.14. The van der Waals surface area contributed by atoms with Crippen LogP contribution in [-0.4, -0.2) is 53.9 Å². The van der Waals surface area contributed by atoms with Crippen molar-refractivity contribution in [3.63, 3.8) is 0 Å². The van der Waals surface area contributed by atoms with Crippen molar-refractivity contribution in [3.05, 3.63) is 53.6 Å². The number of nitrogens with zero attached hydrogens (tertiary/aromatic N) is 4. The van der Waals surface area contributed by atoms with Gasteiger partial charge in [0.05, 0.1) is 24.3 Å². The molecule has 1 saturated heterocycles. The molecule has 168 valence electrons. The van der Waals surface area contributed by atoms with Gasteiger partial charge in [-0.25, -0.2) is 18.4 Å². The number of thiazole rings is 1. The Morgan fingerprint density at radius 3 is 2.72 bits per heavy atom. The average molecular weight is 480 g/mol. The zero-order valence-electron chi connectivity index (χ0n) is 16.8. The van der Waals surface area contributed by atoms with Crippen molar-refractivity contribution in [2.75, 3.05) is 18.5 Å². The number of carbonyl (C=O) groups is 1. The number of nitrogens with one attached hydrogen (secondary N) is 1. The van der Waals surface area contributed by atoms with E-state index in [1.54, 1.807) is 7.05 Å². The standard InChI is InChI=1S/C19H18FN5O5S2/c1-25-8-7-21-19(25)32(27,28)14-4-2-12(3-5-14)16(24-30-13-6-9-29-11-13)17(26)23-18-22-10-15(20)31-18/h2-5,7-8,10,13H,6,9,11H2,1H3,(H,22,23,26)/t13-/m1/s1. The first-order valence-corrected chi connectivity index (χ1v) is 11.7. The first kappa shape index (κ1) is 22.0. The van der Waals surface area contributed by atoms with E-state index < -0.39 is 20.9 Å². The molecule has 32 heavy (non-hydrogen) atoms. The Hall–Kier alpha value is -3.16. The van der Waals surface area contributed by atoms with Crippen molar-refractivity contribution in [1.29, 1.82) is 0 Å². The summed E-state index contributed by atoms with van der Waals surface area (Å²) in [6.07, 6.45) is 4.22. The first-order valence-electron chi connectivity index (χ1n) is 9.41. The highest BCUT2D eigenvalue weighted by atomic mass is 32.2. The predicted molar refractivity (Wildman–Crippen MR) is 113 cm³/mol. The lowest BCUT2D eigenvalue weighted by atomic mass is 10.1. The molecule has 1 aliphatic heterocycles. The topological polar surface area (TPSA) is 125 Å². The van der Waals surface area contributed by atoms with Crippen LogP contribution in [0.1, 0.15) is 12.0 Å². The van der Waals surface area contributed by atoms with Crippen molar-refractivity contribution in [3.8, 4) is 0 Å². The van der Waals surface area contributed by atoms with Crippen LogP contribution in [0.4, 0.5) is 9.52 Å². The number of oxime groups is 1. The number of anilines is 1. The third kappa shape index (κ3) is 4.69. The van der Waals surface area contributed by atoms with E-state index in [0.29, 0.717) is 36.5 Å². The quantitative estimate of drug-likeness (QED) is 0.406. The monoisotopic (exact) mass is 479 g/mol. The minimum atomic E-state index is -3.85. The molecule has 1 aromatic carbocycles. The van der Waals surface area contributed by atoms with E-state index in [2.05, 4.69) is 20.4 Å². The van der Waals surface area contributed by atoms with E-state index in [9.17, 15) is 17.6 Å². The summed E-state index contributed by atoms with van der Waals surface area (Å²) in [6.45, 7) is 0.872. The number of rotatable bonds is 7. The van der Waals surface area contributed by atoms with Crippen LogP contribution in [0.3, 0.4) is 0 Å². The highest BCUT2D eigenvalue weighted by Gasteiger charge is 2.24. The van der Waals surface area contributed by atoms with Gasteiger partial charge in [-0.2, -0.15) is 4.39 Å². The number of benzene rings is 1. The first-order chi connectivity index (χ1) is 15.3. The van der Waals surface area contributed by atoms with Gasteiger partial charge in [0.1, 0.15) is 0 Å². The van der Waals surface area contributed by atoms with Crippen molar-refractivity contribution >= 4 is 37.9 Å². The summed E-state index contributed by atoms with van der Waals surface area (Å²) in [5, 5.41) is 5.84. The van der Waals surface area contributed by atoms with Crippen molar-refractivity contribution in [1.82, 2.24) is 14.5 Å². The molecule has 1 N–H and O–H groups in total. The summed E-state index contributed by atoms with van der Waals surface area (Å²) in [5.74, 6) is -0.682. The van der Waals surface area contributed by atoms with E-state index in [1.165, 1.54) is 41.2 Å².